The van der Waals surface area contributed by atoms with Gasteiger partial charge in [-0.25, -0.2) is 0 Å². The zero-order valence-electron chi connectivity index (χ0n) is 6.87. The molecule has 0 aromatic carbocycles. The number of carboxylic acids is 1. The van der Waals surface area contributed by atoms with Crippen LogP contribution in [0.1, 0.15) is 26.7 Å². The van der Waals surface area contributed by atoms with Crippen LogP contribution in [-0.2, 0) is 4.79 Å². The number of aliphatic carboxylic acids is 1. The number of nitriles is 1. The Labute approximate surface area is 116 Å². The quantitative estimate of drug-likeness (QED) is 0.681. The monoisotopic (exact) mass is 195 g/mol. The molecule has 0 aliphatic heterocycles. The average molecular weight is 195 g/mol. The zero-order chi connectivity index (χ0) is 8.85. The van der Waals surface area contributed by atoms with Crippen LogP contribution in [0, 0.1) is 23.2 Å². The number of carboxylic acid groups (broad SMARTS) is 1. The first-order valence-electron chi connectivity index (χ1n) is 3.67. The van der Waals surface area contributed by atoms with E-state index in [0.717, 1.165) is 0 Å². The standard InChI is InChI=1S/C8H13NO2.K.H/c1-6(2)3-7(5-9)4-8(10)11;;/h6-7H,3-4H2,1-2H3,(H,10,11);;/t7-;;/m0../s1. The first-order valence-corrected chi connectivity index (χ1v) is 3.67. The van der Waals surface area contributed by atoms with Crippen molar-refractivity contribution in [3.63, 3.8) is 0 Å². The first-order chi connectivity index (χ1) is 5.06. The van der Waals surface area contributed by atoms with E-state index in [1.165, 1.54) is 0 Å². The second-order valence-electron chi connectivity index (χ2n) is 3.05. The molecule has 64 valence electrons. The van der Waals surface area contributed by atoms with E-state index < -0.39 is 5.97 Å². The molecule has 0 unspecified atom stereocenters. The Morgan fingerprint density at radius 2 is 2.08 bits per heavy atom. The predicted molar refractivity (Wildman–Crippen MR) is 48.0 cm³/mol. The molecule has 12 heavy (non-hydrogen) atoms. The van der Waals surface area contributed by atoms with Crippen molar-refractivity contribution in [1.29, 1.82) is 5.26 Å². The minimum absolute atomic E-state index is 0. The van der Waals surface area contributed by atoms with E-state index in [-0.39, 0.29) is 63.7 Å². The third-order valence-electron chi connectivity index (χ3n) is 1.36. The molecule has 0 heterocycles. The van der Waals surface area contributed by atoms with Gasteiger partial charge in [0.05, 0.1) is 18.4 Å². The van der Waals surface area contributed by atoms with Crippen molar-refractivity contribution in [3.8, 4) is 6.07 Å². The van der Waals surface area contributed by atoms with E-state index in [9.17, 15) is 4.79 Å². The van der Waals surface area contributed by atoms with Crippen LogP contribution in [0.3, 0.4) is 0 Å². The van der Waals surface area contributed by atoms with Gasteiger partial charge in [0.1, 0.15) is 0 Å². The van der Waals surface area contributed by atoms with Crippen LogP contribution >= 0.6 is 0 Å². The summed E-state index contributed by atoms with van der Waals surface area (Å²) in [6, 6.07) is 1.98. The van der Waals surface area contributed by atoms with E-state index >= 15 is 0 Å². The van der Waals surface area contributed by atoms with Crippen LogP contribution in [-0.4, -0.2) is 62.5 Å². The second kappa shape index (κ2) is 8.21. The molecule has 0 radical (unpaired) electrons. The van der Waals surface area contributed by atoms with Crippen molar-refractivity contribution in [2.75, 3.05) is 0 Å². The Bertz CT molecular complexity index is 174. The van der Waals surface area contributed by atoms with Crippen LogP contribution in [0.4, 0.5) is 0 Å². The average Bonchev–Trinajstić information content (AvgIpc) is 1.84. The predicted octanol–water partition coefficient (Wildman–Crippen LogP) is 0.998. The molecular formula is C8H14KNO2. The Morgan fingerprint density at radius 1 is 1.58 bits per heavy atom. The maximum atomic E-state index is 10.2. The molecule has 0 saturated carbocycles. The first kappa shape index (κ1) is 15.1. The fraction of sp³-hybridized carbons (Fsp3) is 0.750. The van der Waals surface area contributed by atoms with Crippen molar-refractivity contribution < 1.29 is 9.90 Å². The molecule has 0 saturated heterocycles. The third kappa shape index (κ3) is 8.69. The molecule has 0 aromatic rings. The van der Waals surface area contributed by atoms with Crippen molar-refractivity contribution >= 4 is 57.4 Å². The molecule has 1 atom stereocenters. The van der Waals surface area contributed by atoms with Crippen molar-refractivity contribution in [2.24, 2.45) is 11.8 Å². The van der Waals surface area contributed by atoms with E-state index in [4.69, 9.17) is 10.4 Å². The molecule has 1 N–H and O–H groups in total. The van der Waals surface area contributed by atoms with Crippen molar-refractivity contribution in [3.05, 3.63) is 0 Å². The minimum atomic E-state index is -0.891. The van der Waals surface area contributed by atoms with Gasteiger partial charge in [0.15, 0.2) is 0 Å². The van der Waals surface area contributed by atoms with E-state index in [0.29, 0.717) is 12.3 Å². The molecule has 0 fully saturated rings. The summed E-state index contributed by atoms with van der Waals surface area (Å²) >= 11 is 0. The van der Waals surface area contributed by atoms with Crippen molar-refractivity contribution in [2.45, 2.75) is 26.7 Å². The van der Waals surface area contributed by atoms with Gasteiger partial charge in [-0.15, -0.1) is 0 Å². The van der Waals surface area contributed by atoms with Gasteiger partial charge in [-0.3, -0.25) is 4.79 Å². The van der Waals surface area contributed by atoms with Crippen LogP contribution in [0.2, 0.25) is 0 Å². The summed E-state index contributed by atoms with van der Waals surface area (Å²) in [5.74, 6) is -0.830. The van der Waals surface area contributed by atoms with Crippen LogP contribution < -0.4 is 0 Å². The summed E-state index contributed by atoms with van der Waals surface area (Å²) in [5, 5.41) is 16.9. The fourth-order valence-electron chi connectivity index (χ4n) is 0.962. The fourth-order valence-corrected chi connectivity index (χ4v) is 0.962. The molecule has 0 spiro atoms. The number of hydrogen-bond donors (Lipinski definition) is 1. The van der Waals surface area contributed by atoms with E-state index in [2.05, 4.69) is 0 Å². The van der Waals surface area contributed by atoms with Gasteiger partial charge >= 0.3 is 57.4 Å². The number of nitrogens with zero attached hydrogens (tertiary/aromatic N) is 1. The van der Waals surface area contributed by atoms with Gasteiger partial charge in [-0.05, 0) is 12.3 Å². The molecule has 0 aromatic heterocycles. The van der Waals surface area contributed by atoms with Crippen LogP contribution in [0.25, 0.3) is 0 Å². The summed E-state index contributed by atoms with van der Waals surface area (Å²) in [6.07, 6.45) is 0.636. The van der Waals surface area contributed by atoms with Gasteiger partial charge in [0, 0.05) is 0 Å². The topological polar surface area (TPSA) is 61.1 Å². The number of hydrogen-bond acceptors (Lipinski definition) is 2. The molecule has 3 nitrogen and oxygen atoms in total. The molecule has 0 bridgehead atoms. The number of rotatable bonds is 4. The Hall–Kier alpha value is 0.596. The Morgan fingerprint density at radius 3 is 2.33 bits per heavy atom. The Balaban J connectivity index is 0. The molecule has 4 heteroatoms. The zero-order valence-corrected chi connectivity index (χ0v) is 6.87. The molecular weight excluding hydrogens is 181 g/mol. The van der Waals surface area contributed by atoms with E-state index in [1.807, 2.05) is 19.9 Å². The summed E-state index contributed by atoms with van der Waals surface area (Å²) < 4.78 is 0. The molecule has 0 aliphatic carbocycles. The maximum absolute atomic E-state index is 10.2. The SMILES string of the molecule is CC(C)C[C@H](C#N)CC(=O)O.[KH]. The molecule has 0 amide bonds. The van der Waals surface area contributed by atoms with Gasteiger partial charge in [-0.2, -0.15) is 5.26 Å². The summed E-state index contributed by atoms with van der Waals surface area (Å²) in [6.45, 7) is 3.96. The van der Waals surface area contributed by atoms with E-state index in [1.54, 1.807) is 0 Å². The van der Waals surface area contributed by atoms with Gasteiger partial charge < -0.3 is 5.11 Å². The van der Waals surface area contributed by atoms with Crippen LogP contribution in [0.15, 0.2) is 0 Å². The third-order valence-corrected chi connectivity index (χ3v) is 1.36. The van der Waals surface area contributed by atoms with Gasteiger partial charge in [0.25, 0.3) is 0 Å². The molecule has 0 aliphatic rings. The summed E-state index contributed by atoms with van der Waals surface area (Å²) in [5.41, 5.74) is 0. The Kier molecular flexibility index (Phi) is 10.3. The van der Waals surface area contributed by atoms with Gasteiger partial charge in [-0.1, -0.05) is 13.8 Å². The van der Waals surface area contributed by atoms with Gasteiger partial charge in [0.2, 0.25) is 0 Å². The second-order valence-corrected chi connectivity index (χ2v) is 3.05. The normalized spacial score (nSPS) is 11.5. The summed E-state index contributed by atoms with van der Waals surface area (Å²) in [7, 11) is 0. The molecule has 0 rings (SSSR count). The number of carbonyl (C=O) groups is 1. The van der Waals surface area contributed by atoms with Crippen LogP contribution in [0.5, 0.6) is 0 Å². The summed E-state index contributed by atoms with van der Waals surface area (Å²) in [4.78, 5) is 10.2. The van der Waals surface area contributed by atoms with Crippen molar-refractivity contribution in [1.82, 2.24) is 0 Å².